The minimum Gasteiger partial charge on any atom is -0.365 e. The van der Waals surface area contributed by atoms with Crippen LogP contribution >= 0.6 is 0 Å². The van der Waals surface area contributed by atoms with Gasteiger partial charge in [-0.05, 0) is 25.5 Å². The van der Waals surface area contributed by atoms with E-state index in [-0.39, 0.29) is 11.1 Å². The zero-order chi connectivity index (χ0) is 10.2. The van der Waals surface area contributed by atoms with Gasteiger partial charge in [0, 0.05) is 12.7 Å². The smallest absolute Gasteiger partial charge is 0.263 e. The highest BCUT2D eigenvalue weighted by Crippen LogP contribution is 2.03. The number of nitrogens with zero attached hydrogens (tertiary/aromatic N) is 1. The third-order valence-electron chi connectivity index (χ3n) is 2.11. The summed E-state index contributed by atoms with van der Waals surface area (Å²) in [7, 11) is 1.61. The number of rotatable bonds is 1. The summed E-state index contributed by atoms with van der Waals surface area (Å²) < 4.78 is 1.41. The number of hydrogen-bond acceptors (Lipinski definition) is 2. The molecule has 0 aliphatic heterocycles. The number of aryl methyl sites for hydroxylation is 2. The standard InChI is InChI=1S/C9H12N2O2/c1-5-4-6(2)11(3)9(13)7(5)8(10)12/h4H,1-3H3,(H2,10,12). The molecular formula is C9H12N2O2. The lowest BCUT2D eigenvalue weighted by atomic mass is 10.1. The van der Waals surface area contributed by atoms with Crippen molar-refractivity contribution in [2.45, 2.75) is 13.8 Å². The van der Waals surface area contributed by atoms with E-state index in [1.165, 1.54) is 4.57 Å². The number of nitrogens with two attached hydrogens (primary N) is 1. The van der Waals surface area contributed by atoms with Gasteiger partial charge in [0.05, 0.1) is 0 Å². The highest BCUT2D eigenvalue weighted by molar-refractivity contribution is 5.93. The fourth-order valence-electron chi connectivity index (χ4n) is 1.28. The predicted molar refractivity (Wildman–Crippen MR) is 49.7 cm³/mol. The van der Waals surface area contributed by atoms with E-state index < -0.39 is 5.91 Å². The lowest BCUT2D eigenvalue weighted by molar-refractivity contribution is 0.0997. The minimum atomic E-state index is -0.668. The summed E-state index contributed by atoms with van der Waals surface area (Å²) in [6.45, 7) is 3.51. The maximum absolute atomic E-state index is 11.5. The van der Waals surface area contributed by atoms with Crippen molar-refractivity contribution in [2.24, 2.45) is 12.8 Å². The topological polar surface area (TPSA) is 65.1 Å². The second kappa shape index (κ2) is 3.05. The van der Waals surface area contributed by atoms with Gasteiger partial charge < -0.3 is 10.3 Å². The quantitative estimate of drug-likeness (QED) is 0.666. The summed E-state index contributed by atoms with van der Waals surface area (Å²) in [5.41, 5.74) is 6.28. The van der Waals surface area contributed by atoms with Crippen LogP contribution in [0.4, 0.5) is 0 Å². The molecule has 0 saturated carbocycles. The largest absolute Gasteiger partial charge is 0.365 e. The lowest BCUT2D eigenvalue weighted by Crippen LogP contribution is -2.30. The number of amides is 1. The number of carbonyl (C=O) groups excluding carboxylic acids is 1. The van der Waals surface area contributed by atoms with Crippen LogP contribution in [-0.4, -0.2) is 10.5 Å². The van der Waals surface area contributed by atoms with Crippen LogP contribution in [0.15, 0.2) is 10.9 Å². The minimum absolute atomic E-state index is 0.0769. The molecule has 0 aliphatic rings. The third-order valence-corrected chi connectivity index (χ3v) is 2.11. The van der Waals surface area contributed by atoms with Crippen LogP contribution in [0.3, 0.4) is 0 Å². The molecule has 0 bridgehead atoms. The van der Waals surface area contributed by atoms with Crippen LogP contribution in [-0.2, 0) is 7.05 Å². The number of aromatic nitrogens is 1. The predicted octanol–water partition coefficient (Wildman–Crippen LogP) is 0.101. The number of carbonyl (C=O) groups is 1. The van der Waals surface area contributed by atoms with Gasteiger partial charge >= 0.3 is 0 Å². The Morgan fingerprint density at radius 1 is 1.46 bits per heavy atom. The van der Waals surface area contributed by atoms with Gasteiger partial charge in [-0.25, -0.2) is 0 Å². The van der Waals surface area contributed by atoms with Crippen molar-refractivity contribution in [3.8, 4) is 0 Å². The molecule has 0 radical (unpaired) electrons. The van der Waals surface area contributed by atoms with E-state index in [1.54, 1.807) is 27.0 Å². The zero-order valence-corrected chi connectivity index (χ0v) is 7.92. The summed E-state index contributed by atoms with van der Waals surface area (Å²) in [4.78, 5) is 22.4. The van der Waals surface area contributed by atoms with Gasteiger partial charge in [0.15, 0.2) is 0 Å². The van der Waals surface area contributed by atoms with E-state index in [0.717, 1.165) is 5.69 Å². The first-order valence-corrected chi connectivity index (χ1v) is 3.92. The van der Waals surface area contributed by atoms with E-state index in [9.17, 15) is 9.59 Å². The first-order valence-electron chi connectivity index (χ1n) is 3.92. The van der Waals surface area contributed by atoms with Gasteiger partial charge in [0.1, 0.15) is 5.56 Å². The average Bonchev–Trinajstić information content (AvgIpc) is 1.99. The summed E-state index contributed by atoms with van der Waals surface area (Å²) in [6, 6.07) is 1.77. The number of primary amides is 1. The molecule has 70 valence electrons. The van der Waals surface area contributed by atoms with E-state index in [4.69, 9.17) is 5.73 Å². The van der Waals surface area contributed by atoms with Crippen molar-refractivity contribution < 1.29 is 4.79 Å². The average molecular weight is 180 g/mol. The van der Waals surface area contributed by atoms with Gasteiger partial charge in [0.25, 0.3) is 11.5 Å². The Bertz CT molecular complexity index is 418. The Morgan fingerprint density at radius 2 is 2.00 bits per heavy atom. The van der Waals surface area contributed by atoms with Crippen molar-refractivity contribution in [1.82, 2.24) is 4.57 Å². The lowest BCUT2D eigenvalue weighted by Gasteiger charge is -2.07. The molecule has 1 amide bonds. The molecule has 0 fully saturated rings. The van der Waals surface area contributed by atoms with Gasteiger partial charge in [-0.2, -0.15) is 0 Å². The molecule has 4 heteroatoms. The molecule has 0 atom stereocenters. The monoisotopic (exact) mass is 180 g/mol. The van der Waals surface area contributed by atoms with Crippen LogP contribution < -0.4 is 11.3 Å². The molecule has 0 aromatic carbocycles. The second-order valence-electron chi connectivity index (χ2n) is 3.07. The van der Waals surface area contributed by atoms with Crippen molar-refractivity contribution in [3.05, 3.63) is 33.2 Å². The third kappa shape index (κ3) is 1.47. The van der Waals surface area contributed by atoms with Gasteiger partial charge in [-0.3, -0.25) is 9.59 Å². The van der Waals surface area contributed by atoms with E-state index in [0.29, 0.717) is 5.56 Å². The summed E-state index contributed by atoms with van der Waals surface area (Å²) in [6.07, 6.45) is 0. The molecule has 1 aromatic heterocycles. The Kier molecular flexibility index (Phi) is 2.23. The molecule has 4 nitrogen and oxygen atoms in total. The van der Waals surface area contributed by atoms with Gasteiger partial charge in [-0.1, -0.05) is 0 Å². The maximum atomic E-state index is 11.5. The fraction of sp³-hybridized carbons (Fsp3) is 0.333. The maximum Gasteiger partial charge on any atom is 0.263 e. The molecule has 0 aliphatic carbocycles. The van der Waals surface area contributed by atoms with Crippen LogP contribution in [0, 0.1) is 13.8 Å². The molecule has 1 aromatic rings. The summed E-state index contributed by atoms with van der Waals surface area (Å²) in [5, 5.41) is 0. The normalized spacial score (nSPS) is 10.1. The first kappa shape index (κ1) is 9.51. The van der Waals surface area contributed by atoms with Crippen molar-refractivity contribution in [2.75, 3.05) is 0 Å². The van der Waals surface area contributed by atoms with Crippen molar-refractivity contribution >= 4 is 5.91 Å². The summed E-state index contributed by atoms with van der Waals surface area (Å²) >= 11 is 0. The molecule has 0 saturated heterocycles. The Morgan fingerprint density at radius 3 is 2.46 bits per heavy atom. The van der Waals surface area contributed by atoms with Gasteiger partial charge in [-0.15, -0.1) is 0 Å². The van der Waals surface area contributed by atoms with Crippen LogP contribution in [0.2, 0.25) is 0 Å². The number of hydrogen-bond donors (Lipinski definition) is 1. The molecule has 1 heterocycles. The molecule has 1 rings (SSSR count). The molecule has 2 N–H and O–H groups in total. The Labute approximate surface area is 76.0 Å². The summed E-state index contributed by atoms with van der Waals surface area (Å²) in [5.74, 6) is -0.668. The van der Waals surface area contributed by atoms with E-state index >= 15 is 0 Å². The van der Waals surface area contributed by atoms with Crippen LogP contribution in [0.1, 0.15) is 21.6 Å². The van der Waals surface area contributed by atoms with E-state index in [2.05, 4.69) is 0 Å². The number of pyridine rings is 1. The Hall–Kier alpha value is -1.58. The SMILES string of the molecule is Cc1cc(C)n(C)c(=O)c1C(N)=O. The zero-order valence-electron chi connectivity index (χ0n) is 7.92. The first-order chi connectivity index (χ1) is 5.95. The molecule has 13 heavy (non-hydrogen) atoms. The fourth-order valence-corrected chi connectivity index (χ4v) is 1.28. The second-order valence-corrected chi connectivity index (χ2v) is 3.07. The van der Waals surface area contributed by atoms with Crippen molar-refractivity contribution in [1.29, 1.82) is 0 Å². The molecule has 0 unspecified atom stereocenters. The highest BCUT2D eigenvalue weighted by Gasteiger charge is 2.12. The molecular weight excluding hydrogens is 168 g/mol. The van der Waals surface area contributed by atoms with E-state index in [1.807, 2.05) is 0 Å². The Balaban J connectivity index is 3.63. The van der Waals surface area contributed by atoms with Gasteiger partial charge in [0.2, 0.25) is 0 Å². The highest BCUT2D eigenvalue weighted by atomic mass is 16.2. The van der Waals surface area contributed by atoms with Crippen LogP contribution in [0.25, 0.3) is 0 Å². The van der Waals surface area contributed by atoms with Crippen molar-refractivity contribution in [3.63, 3.8) is 0 Å². The molecule has 0 spiro atoms. The van der Waals surface area contributed by atoms with Crippen LogP contribution in [0.5, 0.6) is 0 Å².